The van der Waals surface area contributed by atoms with E-state index in [1.54, 1.807) is 6.07 Å². The van der Waals surface area contributed by atoms with Crippen LogP contribution in [0.25, 0.3) is 10.9 Å². The molecular weight excluding hydrogens is 173 g/mol. The van der Waals surface area contributed by atoms with E-state index in [0.717, 1.165) is 0 Å². The Bertz CT molecular complexity index is 472. The van der Waals surface area contributed by atoms with Crippen molar-refractivity contribution in [3.05, 3.63) is 24.0 Å². The minimum Gasteiger partial charge on any atom is -0.493 e. The van der Waals surface area contributed by atoms with Crippen LogP contribution in [0.2, 0.25) is 0 Å². The largest absolute Gasteiger partial charge is 0.493 e. The molecular formula is C8H6FN3O. The summed E-state index contributed by atoms with van der Waals surface area (Å²) in [6, 6.07) is 4.27. The number of hydrogen-bond donors (Lipinski definition) is 2. The molecule has 0 amide bonds. The number of rotatable bonds is 0. The molecule has 0 unspecified atom stereocenters. The maximum Gasteiger partial charge on any atom is 0.226 e. The fourth-order valence-corrected chi connectivity index (χ4v) is 1.14. The van der Waals surface area contributed by atoms with Gasteiger partial charge in [-0.25, -0.2) is 9.37 Å². The number of hydrogen-bond acceptors (Lipinski definition) is 4. The Morgan fingerprint density at radius 1 is 1.31 bits per heavy atom. The van der Waals surface area contributed by atoms with Gasteiger partial charge in [0.2, 0.25) is 11.8 Å². The van der Waals surface area contributed by atoms with E-state index in [4.69, 9.17) is 5.73 Å². The molecule has 13 heavy (non-hydrogen) atoms. The second-order valence-corrected chi connectivity index (χ2v) is 2.54. The first-order valence-electron chi connectivity index (χ1n) is 3.59. The van der Waals surface area contributed by atoms with Crippen LogP contribution in [0.5, 0.6) is 5.88 Å². The number of nitrogen functional groups attached to an aromatic ring is 1. The molecule has 2 rings (SSSR count). The Morgan fingerprint density at radius 3 is 2.85 bits per heavy atom. The van der Waals surface area contributed by atoms with Gasteiger partial charge in [-0.3, -0.25) is 0 Å². The number of aromatic nitrogens is 2. The van der Waals surface area contributed by atoms with Crippen molar-refractivity contribution < 1.29 is 9.50 Å². The van der Waals surface area contributed by atoms with Gasteiger partial charge in [-0.05, 0) is 12.1 Å². The second-order valence-electron chi connectivity index (χ2n) is 2.54. The number of aromatic hydroxyl groups is 1. The maximum atomic E-state index is 13.1. The summed E-state index contributed by atoms with van der Waals surface area (Å²) >= 11 is 0. The van der Waals surface area contributed by atoms with Crippen LogP contribution in [0.1, 0.15) is 0 Å². The van der Waals surface area contributed by atoms with E-state index < -0.39 is 11.7 Å². The summed E-state index contributed by atoms with van der Waals surface area (Å²) in [7, 11) is 0. The zero-order valence-corrected chi connectivity index (χ0v) is 6.53. The summed E-state index contributed by atoms with van der Waals surface area (Å²) in [6.07, 6.45) is 0. The monoisotopic (exact) mass is 179 g/mol. The molecule has 1 aromatic carbocycles. The lowest BCUT2D eigenvalue weighted by molar-refractivity contribution is 0.457. The van der Waals surface area contributed by atoms with E-state index in [2.05, 4.69) is 9.97 Å². The zero-order valence-electron chi connectivity index (χ0n) is 6.53. The van der Waals surface area contributed by atoms with E-state index >= 15 is 0 Å². The molecule has 4 nitrogen and oxygen atoms in total. The first-order chi connectivity index (χ1) is 6.18. The molecule has 0 atom stereocenters. The standard InChI is InChI=1S/C8H6FN3O/c9-4-2-1-3-5-6(4)7(13)12-8(10)11-5/h1-3H,(H3,10,11,12,13). The van der Waals surface area contributed by atoms with E-state index in [-0.39, 0.29) is 11.3 Å². The highest BCUT2D eigenvalue weighted by Crippen LogP contribution is 2.24. The summed E-state index contributed by atoms with van der Waals surface area (Å²) in [5.74, 6) is -1.06. The summed E-state index contributed by atoms with van der Waals surface area (Å²) in [4.78, 5) is 7.21. The molecule has 0 radical (unpaired) electrons. The van der Waals surface area contributed by atoms with Gasteiger partial charge in [0.05, 0.1) is 10.9 Å². The van der Waals surface area contributed by atoms with Gasteiger partial charge in [-0.1, -0.05) is 6.07 Å². The maximum absolute atomic E-state index is 13.1. The summed E-state index contributed by atoms with van der Waals surface area (Å²) in [5.41, 5.74) is 5.57. The number of nitrogens with zero attached hydrogens (tertiary/aromatic N) is 2. The summed E-state index contributed by atoms with van der Waals surface area (Å²) < 4.78 is 13.1. The molecule has 0 bridgehead atoms. The van der Waals surface area contributed by atoms with Gasteiger partial charge in [0.15, 0.2) is 0 Å². The van der Waals surface area contributed by atoms with E-state index in [1.165, 1.54) is 12.1 Å². The van der Waals surface area contributed by atoms with Crippen molar-refractivity contribution >= 4 is 16.9 Å². The molecule has 0 spiro atoms. The van der Waals surface area contributed by atoms with Crippen LogP contribution >= 0.6 is 0 Å². The fourth-order valence-electron chi connectivity index (χ4n) is 1.14. The Kier molecular flexibility index (Phi) is 1.51. The van der Waals surface area contributed by atoms with Gasteiger partial charge in [0, 0.05) is 0 Å². The van der Waals surface area contributed by atoms with Crippen molar-refractivity contribution in [3.63, 3.8) is 0 Å². The number of halogens is 1. The molecule has 0 aliphatic heterocycles. The second kappa shape index (κ2) is 2.55. The van der Waals surface area contributed by atoms with Crippen LogP contribution < -0.4 is 5.73 Å². The van der Waals surface area contributed by atoms with Crippen LogP contribution in [-0.2, 0) is 0 Å². The average Bonchev–Trinajstić information content (AvgIpc) is 2.02. The van der Waals surface area contributed by atoms with E-state index in [1.807, 2.05) is 0 Å². The van der Waals surface area contributed by atoms with Crippen molar-refractivity contribution in [3.8, 4) is 5.88 Å². The normalized spacial score (nSPS) is 10.5. The Morgan fingerprint density at radius 2 is 2.08 bits per heavy atom. The highest BCUT2D eigenvalue weighted by molar-refractivity contribution is 5.84. The Balaban J connectivity index is 2.94. The smallest absolute Gasteiger partial charge is 0.226 e. The molecule has 3 N–H and O–H groups in total. The molecule has 66 valence electrons. The average molecular weight is 179 g/mol. The van der Waals surface area contributed by atoms with Crippen LogP contribution in [0.4, 0.5) is 10.3 Å². The molecule has 0 fully saturated rings. The highest BCUT2D eigenvalue weighted by Gasteiger charge is 2.08. The predicted octanol–water partition coefficient (Wildman–Crippen LogP) is 1.06. The number of benzene rings is 1. The van der Waals surface area contributed by atoms with Gasteiger partial charge >= 0.3 is 0 Å². The summed E-state index contributed by atoms with van der Waals surface area (Å²) in [6.45, 7) is 0. The van der Waals surface area contributed by atoms with Gasteiger partial charge in [-0.15, -0.1) is 0 Å². The lowest BCUT2D eigenvalue weighted by Gasteiger charge is -2.00. The van der Waals surface area contributed by atoms with Crippen LogP contribution in [0.15, 0.2) is 18.2 Å². The predicted molar refractivity (Wildman–Crippen MR) is 45.6 cm³/mol. The molecule has 2 aromatic rings. The van der Waals surface area contributed by atoms with Crippen molar-refractivity contribution in [2.45, 2.75) is 0 Å². The topological polar surface area (TPSA) is 72.0 Å². The van der Waals surface area contributed by atoms with E-state index in [0.29, 0.717) is 5.52 Å². The lowest BCUT2D eigenvalue weighted by Crippen LogP contribution is -1.96. The molecule has 5 heteroatoms. The van der Waals surface area contributed by atoms with Crippen molar-refractivity contribution in [2.75, 3.05) is 5.73 Å². The van der Waals surface area contributed by atoms with E-state index in [9.17, 15) is 9.50 Å². The molecule has 1 aromatic heterocycles. The van der Waals surface area contributed by atoms with Gasteiger partial charge in [0.1, 0.15) is 5.82 Å². The first kappa shape index (κ1) is 7.72. The van der Waals surface area contributed by atoms with Crippen LogP contribution in [-0.4, -0.2) is 15.1 Å². The Labute approximate surface area is 72.9 Å². The fraction of sp³-hybridized carbons (Fsp3) is 0. The third kappa shape index (κ3) is 1.14. The van der Waals surface area contributed by atoms with Crippen molar-refractivity contribution in [1.29, 1.82) is 0 Å². The van der Waals surface area contributed by atoms with Crippen molar-refractivity contribution in [1.82, 2.24) is 9.97 Å². The molecule has 0 aliphatic carbocycles. The molecule has 1 heterocycles. The first-order valence-corrected chi connectivity index (χ1v) is 3.59. The third-order valence-electron chi connectivity index (χ3n) is 1.67. The Hall–Kier alpha value is -1.91. The quantitative estimate of drug-likeness (QED) is 0.634. The minimum absolute atomic E-state index is 0.00306. The van der Waals surface area contributed by atoms with Gasteiger partial charge < -0.3 is 10.8 Å². The minimum atomic E-state index is -0.560. The SMILES string of the molecule is Nc1nc(O)c2c(F)cccc2n1. The summed E-state index contributed by atoms with van der Waals surface area (Å²) in [5, 5.41) is 9.26. The third-order valence-corrected chi connectivity index (χ3v) is 1.67. The number of anilines is 1. The molecule has 0 saturated heterocycles. The van der Waals surface area contributed by atoms with Crippen LogP contribution in [0.3, 0.4) is 0 Å². The van der Waals surface area contributed by atoms with Crippen LogP contribution in [0, 0.1) is 5.82 Å². The number of nitrogens with two attached hydrogens (primary N) is 1. The van der Waals surface area contributed by atoms with Crippen molar-refractivity contribution in [2.24, 2.45) is 0 Å². The van der Waals surface area contributed by atoms with Gasteiger partial charge in [0.25, 0.3) is 0 Å². The zero-order chi connectivity index (χ0) is 9.42. The number of fused-ring (bicyclic) bond motifs is 1. The lowest BCUT2D eigenvalue weighted by atomic mass is 10.2. The molecule has 0 aliphatic rings. The molecule has 0 saturated carbocycles. The van der Waals surface area contributed by atoms with Gasteiger partial charge in [-0.2, -0.15) is 4.98 Å². The highest BCUT2D eigenvalue weighted by atomic mass is 19.1.